The molecule has 0 bridgehead atoms. The Labute approximate surface area is 187 Å². The summed E-state index contributed by atoms with van der Waals surface area (Å²) in [6, 6.07) is 9.99. The summed E-state index contributed by atoms with van der Waals surface area (Å²) >= 11 is 0. The van der Waals surface area contributed by atoms with Gasteiger partial charge in [0.1, 0.15) is 11.3 Å². The van der Waals surface area contributed by atoms with E-state index in [1.54, 1.807) is 29.7 Å². The molecule has 1 amide bonds. The number of likely N-dealkylation sites (tertiary alicyclic amines) is 1. The second-order valence-corrected chi connectivity index (χ2v) is 7.81. The molecule has 2 heterocycles. The summed E-state index contributed by atoms with van der Waals surface area (Å²) in [6.45, 7) is 2.38. The zero-order valence-corrected chi connectivity index (χ0v) is 18.3. The summed E-state index contributed by atoms with van der Waals surface area (Å²) in [5, 5.41) is 0. The van der Waals surface area contributed by atoms with Crippen LogP contribution in [0, 0.1) is 0 Å². The number of nitrogens with zero attached hydrogens (tertiary/aromatic N) is 3. The first-order valence-electron chi connectivity index (χ1n) is 10.6. The lowest BCUT2D eigenvalue weighted by Crippen LogP contribution is -2.32. The first-order chi connectivity index (χ1) is 15.8. The average molecular weight is 463 g/mol. The Balaban J connectivity index is 1.82. The van der Waals surface area contributed by atoms with Crippen molar-refractivity contribution < 1.29 is 27.4 Å². The molecule has 176 valence electrons. The van der Waals surface area contributed by atoms with Crippen molar-refractivity contribution in [2.75, 3.05) is 26.8 Å². The van der Waals surface area contributed by atoms with E-state index in [0.717, 1.165) is 6.07 Å². The molecule has 33 heavy (non-hydrogen) atoms. The molecule has 4 rings (SSSR count). The van der Waals surface area contributed by atoms with Crippen molar-refractivity contribution in [1.29, 1.82) is 0 Å². The van der Waals surface area contributed by atoms with Gasteiger partial charge in [0.15, 0.2) is 0 Å². The van der Waals surface area contributed by atoms with E-state index in [2.05, 4.69) is 0 Å². The lowest BCUT2D eigenvalue weighted by molar-refractivity contribution is -0.138. The number of alkyl halides is 3. The van der Waals surface area contributed by atoms with Gasteiger partial charge in [0.2, 0.25) is 0 Å². The Hall–Kier alpha value is -3.43. The van der Waals surface area contributed by atoms with E-state index in [1.807, 2.05) is 0 Å². The number of fused-ring (bicyclic) bond motifs is 1. The third-order valence-corrected chi connectivity index (χ3v) is 5.87. The summed E-state index contributed by atoms with van der Waals surface area (Å²) in [6.07, 6.45) is -4.48. The van der Waals surface area contributed by atoms with Crippen LogP contribution in [0.5, 0.6) is 5.75 Å². The number of halogens is 3. The quantitative estimate of drug-likeness (QED) is 0.567. The van der Waals surface area contributed by atoms with Crippen LogP contribution in [0.4, 0.5) is 18.0 Å². The highest BCUT2D eigenvalue weighted by molar-refractivity contribution is 5.83. The molecule has 0 N–H and O–H groups in total. The van der Waals surface area contributed by atoms with Crippen molar-refractivity contribution in [3.05, 3.63) is 64.1 Å². The molecule has 1 aliphatic rings. The van der Waals surface area contributed by atoms with Crippen molar-refractivity contribution in [2.24, 2.45) is 0 Å². The molecule has 0 radical (unpaired) electrons. The maximum Gasteiger partial charge on any atom is 0.416 e. The standard InChI is InChI=1S/C23H24F3N3O4/c1-3-33-22(31)27-12-11-16(14-27)29-18-9-6-10-19(32-2)20(18)28(21(29)30)13-15-7-4-5-8-17(15)23(24,25)26/h4-10,16H,3,11-14H2,1-2H3/t16-/m1/s1. The van der Waals surface area contributed by atoms with Crippen LogP contribution in [0.15, 0.2) is 47.3 Å². The second kappa shape index (κ2) is 8.84. The molecule has 0 aliphatic carbocycles. The Morgan fingerprint density at radius 3 is 2.61 bits per heavy atom. The van der Waals surface area contributed by atoms with E-state index in [1.165, 1.54) is 34.8 Å². The molecule has 1 aliphatic heterocycles. The number of imidazole rings is 1. The van der Waals surface area contributed by atoms with Gasteiger partial charge in [-0.2, -0.15) is 13.2 Å². The number of rotatable bonds is 5. The monoisotopic (exact) mass is 463 g/mol. The highest BCUT2D eigenvalue weighted by Crippen LogP contribution is 2.34. The highest BCUT2D eigenvalue weighted by Gasteiger charge is 2.35. The normalized spacial score (nSPS) is 16.4. The Bertz CT molecular complexity index is 1230. The number of benzene rings is 2. The van der Waals surface area contributed by atoms with Gasteiger partial charge in [-0.1, -0.05) is 24.3 Å². The summed E-state index contributed by atoms with van der Waals surface area (Å²) in [7, 11) is 1.45. The minimum atomic E-state index is -4.55. The molecule has 0 saturated carbocycles. The number of aromatic nitrogens is 2. The molecule has 7 nitrogen and oxygen atoms in total. The van der Waals surface area contributed by atoms with Crippen molar-refractivity contribution in [2.45, 2.75) is 32.1 Å². The fraction of sp³-hybridized carbons (Fsp3) is 0.391. The Kier molecular flexibility index (Phi) is 6.09. The zero-order valence-electron chi connectivity index (χ0n) is 18.3. The molecule has 2 aromatic carbocycles. The average Bonchev–Trinajstić information content (AvgIpc) is 3.37. The highest BCUT2D eigenvalue weighted by atomic mass is 19.4. The first kappa shape index (κ1) is 22.8. The van der Waals surface area contributed by atoms with Crippen molar-refractivity contribution >= 4 is 17.1 Å². The zero-order chi connectivity index (χ0) is 23.8. The van der Waals surface area contributed by atoms with Gasteiger partial charge < -0.3 is 14.4 Å². The molecule has 1 atom stereocenters. The van der Waals surface area contributed by atoms with E-state index < -0.39 is 23.5 Å². The molecule has 10 heteroatoms. The van der Waals surface area contributed by atoms with Crippen LogP contribution >= 0.6 is 0 Å². The number of hydrogen-bond acceptors (Lipinski definition) is 4. The van der Waals surface area contributed by atoms with Crippen LogP contribution in [-0.4, -0.2) is 46.9 Å². The SMILES string of the molecule is CCOC(=O)N1CC[C@@H](n2c(=O)n(Cc3ccccc3C(F)(F)F)c3c(OC)cccc32)C1. The number of para-hydroxylation sites is 1. The van der Waals surface area contributed by atoms with Crippen molar-refractivity contribution in [3.63, 3.8) is 0 Å². The minimum Gasteiger partial charge on any atom is -0.494 e. The lowest BCUT2D eigenvalue weighted by atomic mass is 10.1. The molecule has 1 fully saturated rings. The van der Waals surface area contributed by atoms with Gasteiger partial charge in [-0.25, -0.2) is 9.59 Å². The van der Waals surface area contributed by atoms with Crippen LogP contribution in [0.1, 0.15) is 30.5 Å². The summed E-state index contributed by atoms with van der Waals surface area (Å²) < 4.78 is 54.1. The van der Waals surface area contributed by atoms with E-state index in [-0.39, 0.29) is 31.3 Å². The molecule has 3 aromatic rings. The van der Waals surface area contributed by atoms with Gasteiger partial charge >= 0.3 is 18.0 Å². The van der Waals surface area contributed by atoms with E-state index in [9.17, 15) is 22.8 Å². The van der Waals surface area contributed by atoms with Gasteiger partial charge in [-0.3, -0.25) is 9.13 Å². The third-order valence-electron chi connectivity index (χ3n) is 5.87. The van der Waals surface area contributed by atoms with Gasteiger partial charge in [-0.15, -0.1) is 0 Å². The van der Waals surface area contributed by atoms with Gasteiger partial charge in [0.05, 0.1) is 37.4 Å². The molecule has 1 saturated heterocycles. The number of hydrogen-bond donors (Lipinski definition) is 0. The number of ether oxygens (including phenoxy) is 2. The summed E-state index contributed by atoms with van der Waals surface area (Å²) in [5.41, 5.74) is -0.308. The fourth-order valence-electron chi connectivity index (χ4n) is 4.41. The van der Waals surface area contributed by atoms with Crippen LogP contribution in [0.25, 0.3) is 11.0 Å². The number of methoxy groups -OCH3 is 1. The van der Waals surface area contributed by atoms with Gasteiger partial charge in [0.25, 0.3) is 0 Å². The number of carbonyl (C=O) groups excluding carboxylic acids is 1. The summed E-state index contributed by atoms with van der Waals surface area (Å²) in [5.74, 6) is 0.382. The topological polar surface area (TPSA) is 65.7 Å². The first-order valence-corrected chi connectivity index (χ1v) is 10.6. The van der Waals surface area contributed by atoms with Crippen LogP contribution in [0.2, 0.25) is 0 Å². The van der Waals surface area contributed by atoms with Crippen molar-refractivity contribution in [1.82, 2.24) is 14.0 Å². The maximum absolute atomic E-state index is 13.6. The Morgan fingerprint density at radius 1 is 1.15 bits per heavy atom. The van der Waals surface area contributed by atoms with Gasteiger partial charge in [-0.05, 0) is 37.1 Å². The maximum atomic E-state index is 13.6. The number of amides is 1. The largest absolute Gasteiger partial charge is 0.494 e. The van der Waals surface area contributed by atoms with E-state index in [0.29, 0.717) is 29.7 Å². The van der Waals surface area contributed by atoms with Crippen molar-refractivity contribution in [3.8, 4) is 5.75 Å². The van der Waals surface area contributed by atoms with Gasteiger partial charge in [0, 0.05) is 13.1 Å². The van der Waals surface area contributed by atoms with E-state index >= 15 is 0 Å². The predicted molar refractivity (Wildman–Crippen MR) is 116 cm³/mol. The van der Waals surface area contributed by atoms with Crippen LogP contribution in [-0.2, 0) is 17.5 Å². The molecular formula is C23H24F3N3O4. The van der Waals surface area contributed by atoms with Crippen LogP contribution < -0.4 is 10.4 Å². The fourth-order valence-corrected chi connectivity index (χ4v) is 4.41. The molecule has 1 aromatic heterocycles. The summed E-state index contributed by atoms with van der Waals surface area (Å²) in [4.78, 5) is 27.2. The van der Waals surface area contributed by atoms with E-state index in [4.69, 9.17) is 9.47 Å². The molecular weight excluding hydrogens is 439 g/mol. The minimum absolute atomic E-state index is 0.0170. The third kappa shape index (κ3) is 4.17. The second-order valence-electron chi connectivity index (χ2n) is 7.81. The number of carbonyl (C=O) groups is 1. The predicted octanol–water partition coefficient (Wildman–Crippen LogP) is 4.28. The lowest BCUT2D eigenvalue weighted by Gasteiger charge is -2.16. The molecule has 0 spiro atoms. The smallest absolute Gasteiger partial charge is 0.416 e. The van der Waals surface area contributed by atoms with Crippen LogP contribution in [0.3, 0.4) is 0 Å². The molecule has 0 unspecified atom stereocenters. The Morgan fingerprint density at radius 2 is 1.91 bits per heavy atom.